The number of nitrogens with one attached hydrogen (secondary N) is 1. The summed E-state index contributed by atoms with van der Waals surface area (Å²) in [5, 5.41) is 3.12. The average molecular weight is 279 g/mol. The summed E-state index contributed by atoms with van der Waals surface area (Å²) >= 11 is 0. The van der Waals surface area contributed by atoms with Crippen LogP contribution in [0.1, 0.15) is 51.9 Å². The van der Waals surface area contributed by atoms with Crippen molar-refractivity contribution >= 4 is 0 Å². The van der Waals surface area contributed by atoms with Crippen LogP contribution < -0.4 is 5.32 Å². The normalized spacial score (nSPS) is 30.3. The second kappa shape index (κ2) is 6.00. The Morgan fingerprint density at radius 3 is 2.47 bits per heavy atom. The van der Waals surface area contributed by atoms with Crippen molar-refractivity contribution in [3.8, 4) is 0 Å². The van der Waals surface area contributed by atoms with E-state index >= 15 is 0 Å². The molecule has 2 rings (SSSR count). The van der Waals surface area contributed by atoms with Crippen molar-refractivity contribution in [2.45, 2.75) is 70.2 Å². The molecule has 2 aliphatic rings. The quantitative estimate of drug-likeness (QED) is 0.829. The fourth-order valence-corrected chi connectivity index (χ4v) is 3.74. The molecule has 2 unspecified atom stereocenters. The minimum atomic E-state index is -4.06. The highest BCUT2D eigenvalue weighted by atomic mass is 19.4. The SMILES string of the molecule is CCOC1CC(NCCC(F)(F)F)C12CCCCC2. The topological polar surface area (TPSA) is 21.3 Å². The molecule has 0 aliphatic heterocycles. The Morgan fingerprint density at radius 1 is 1.21 bits per heavy atom. The highest BCUT2D eigenvalue weighted by molar-refractivity contribution is 5.08. The van der Waals surface area contributed by atoms with Gasteiger partial charge in [-0.15, -0.1) is 0 Å². The second-order valence-corrected chi connectivity index (χ2v) is 5.85. The van der Waals surface area contributed by atoms with Gasteiger partial charge < -0.3 is 10.1 Å². The number of hydrogen-bond acceptors (Lipinski definition) is 2. The van der Waals surface area contributed by atoms with Crippen molar-refractivity contribution in [3.63, 3.8) is 0 Å². The van der Waals surface area contributed by atoms with E-state index in [-0.39, 0.29) is 24.1 Å². The maximum Gasteiger partial charge on any atom is 0.390 e. The lowest BCUT2D eigenvalue weighted by Gasteiger charge is -2.58. The van der Waals surface area contributed by atoms with Gasteiger partial charge in [-0.25, -0.2) is 0 Å². The second-order valence-electron chi connectivity index (χ2n) is 5.85. The van der Waals surface area contributed by atoms with Crippen LogP contribution in [0.3, 0.4) is 0 Å². The van der Waals surface area contributed by atoms with Gasteiger partial charge in [0.1, 0.15) is 0 Å². The molecule has 2 aliphatic carbocycles. The maximum atomic E-state index is 12.2. The van der Waals surface area contributed by atoms with Crippen molar-refractivity contribution in [3.05, 3.63) is 0 Å². The van der Waals surface area contributed by atoms with Gasteiger partial charge in [0.05, 0.1) is 12.5 Å². The van der Waals surface area contributed by atoms with E-state index < -0.39 is 12.6 Å². The molecule has 0 aromatic rings. The monoisotopic (exact) mass is 279 g/mol. The molecule has 112 valence electrons. The lowest BCUT2D eigenvalue weighted by atomic mass is 9.55. The molecule has 0 saturated heterocycles. The van der Waals surface area contributed by atoms with Gasteiger partial charge in [0, 0.05) is 24.6 Å². The minimum Gasteiger partial charge on any atom is -0.378 e. The van der Waals surface area contributed by atoms with Gasteiger partial charge >= 0.3 is 6.18 Å². The zero-order chi connectivity index (χ0) is 13.9. The summed E-state index contributed by atoms with van der Waals surface area (Å²) in [4.78, 5) is 0. The molecular formula is C14H24F3NO. The van der Waals surface area contributed by atoms with E-state index in [1.165, 1.54) is 19.3 Å². The van der Waals surface area contributed by atoms with Crippen molar-refractivity contribution in [2.75, 3.05) is 13.2 Å². The van der Waals surface area contributed by atoms with Crippen LogP contribution in [0.15, 0.2) is 0 Å². The van der Waals surface area contributed by atoms with E-state index in [0.29, 0.717) is 6.61 Å². The highest BCUT2D eigenvalue weighted by Crippen LogP contribution is 2.53. The zero-order valence-electron chi connectivity index (χ0n) is 11.6. The summed E-state index contributed by atoms with van der Waals surface area (Å²) in [6, 6.07) is 0.215. The molecule has 2 nitrogen and oxygen atoms in total. The van der Waals surface area contributed by atoms with Gasteiger partial charge in [0.25, 0.3) is 0 Å². The largest absolute Gasteiger partial charge is 0.390 e. The standard InChI is InChI=1S/C14H24F3NO/c1-2-19-12-10-11(18-9-8-14(15,16)17)13(12)6-4-3-5-7-13/h11-12,18H,2-10H2,1H3. The van der Waals surface area contributed by atoms with Crippen molar-refractivity contribution in [2.24, 2.45) is 5.41 Å². The van der Waals surface area contributed by atoms with E-state index in [0.717, 1.165) is 19.3 Å². The van der Waals surface area contributed by atoms with E-state index in [9.17, 15) is 13.2 Å². The molecule has 1 N–H and O–H groups in total. The highest BCUT2D eigenvalue weighted by Gasteiger charge is 2.55. The van der Waals surface area contributed by atoms with Gasteiger partial charge in [-0.3, -0.25) is 0 Å². The van der Waals surface area contributed by atoms with Crippen LogP contribution in [0.5, 0.6) is 0 Å². The van der Waals surface area contributed by atoms with Gasteiger partial charge in [0.15, 0.2) is 0 Å². The van der Waals surface area contributed by atoms with Crippen LogP contribution in [0.25, 0.3) is 0 Å². The Morgan fingerprint density at radius 2 is 1.89 bits per heavy atom. The Kier molecular flexibility index (Phi) is 4.77. The predicted octanol–water partition coefficient (Wildman–Crippen LogP) is 3.66. The fourth-order valence-electron chi connectivity index (χ4n) is 3.74. The third kappa shape index (κ3) is 3.43. The Bertz CT molecular complexity index is 287. The third-order valence-electron chi connectivity index (χ3n) is 4.74. The van der Waals surface area contributed by atoms with Crippen LogP contribution in [-0.4, -0.2) is 31.5 Å². The zero-order valence-corrected chi connectivity index (χ0v) is 11.6. The molecule has 0 aromatic carbocycles. The fraction of sp³-hybridized carbons (Fsp3) is 1.00. The Hall–Kier alpha value is -0.290. The lowest BCUT2D eigenvalue weighted by molar-refractivity contribution is -0.156. The molecule has 2 saturated carbocycles. The minimum absolute atomic E-state index is 0.0365. The molecule has 2 fully saturated rings. The molecule has 0 amide bonds. The van der Waals surface area contributed by atoms with Gasteiger partial charge in [-0.05, 0) is 26.2 Å². The molecule has 1 spiro atoms. The van der Waals surface area contributed by atoms with Crippen molar-refractivity contribution in [1.82, 2.24) is 5.32 Å². The van der Waals surface area contributed by atoms with E-state index in [1.807, 2.05) is 6.92 Å². The number of alkyl halides is 3. The van der Waals surface area contributed by atoms with E-state index in [4.69, 9.17) is 4.74 Å². The first kappa shape index (κ1) is 15.1. The Labute approximate surface area is 113 Å². The summed E-state index contributed by atoms with van der Waals surface area (Å²) in [6.45, 7) is 2.72. The molecule has 0 radical (unpaired) electrons. The van der Waals surface area contributed by atoms with Gasteiger partial charge in [-0.2, -0.15) is 13.2 Å². The molecule has 2 atom stereocenters. The van der Waals surface area contributed by atoms with Crippen LogP contribution in [0.2, 0.25) is 0 Å². The predicted molar refractivity (Wildman–Crippen MR) is 68.0 cm³/mol. The third-order valence-corrected chi connectivity index (χ3v) is 4.74. The average Bonchev–Trinajstić information content (AvgIpc) is 2.36. The summed E-state index contributed by atoms with van der Waals surface area (Å²) in [5.74, 6) is 0. The smallest absolute Gasteiger partial charge is 0.378 e. The molecule has 0 bridgehead atoms. The Balaban J connectivity index is 1.86. The van der Waals surface area contributed by atoms with Crippen molar-refractivity contribution in [1.29, 1.82) is 0 Å². The summed E-state index contributed by atoms with van der Waals surface area (Å²) < 4.78 is 42.4. The van der Waals surface area contributed by atoms with Gasteiger partial charge in [-0.1, -0.05) is 19.3 Å². The van der Waals surface area contributed by atoms with Crippen LogP contribution in [0.4, 0.5) is 13.2 Å². The number of hydrogen-bond donors (Lipinski definition) is 1. The first-order chi connectivity index (χ1) is 8.98. The van der Waals surface area contributed by atoms with Gasteiger partial charge in [0.2, 0.25) is 0 Å². The summed E-state index contributed by atoms with van der Waals surface area (Å²) in [7, 11) is 0. The number of ether oxygens (including phenoxy) is 1. The molecule has 0 heterocycles. The molecule has 5 heteroatoms. The van der Waals surface area contributed by atoms with Crippen LogP contribution in [0, 0.1) is 5.41 Å². The number of rotatable bonds is 5. The first-order valence-corrected chi connectivity index (χ1v) is 7.40. The van der Waals surface area contributed by atoms with E-state index in [1.54, 1.807) is 0 Å². The summed E-state index contributed by atoms with van der Waals surface area (Å²) in [6.07, 6.45) is 2.13. The summed E-state index contributed by atoms with van der Waals surface area (Å²) in [5.41, 5.74) is 0.111. The number of halogens is 3. The van der Waals surface area contributed by atoms with Crippen LogP contribution >= 0.6 is 0 Å². The van der Waals surface area contributed by atoms with E-state index in [2.05, 4.69) is 5.32 Å². The molecular weight excluding hydrogens is 255 g/mol. The van der Waals surface area contributed by atoms with Crippen LogP contribution in [-0.2, 0) is 4.74 Å². The maximum absolute atomic E-state index is 12.2. The molecule has 0 aromatic heterocycles. The first-order valence-electron chi connectivity index (χ1n) is 7.40. The lowest BCUT2D eigenvalue weighted by Crippen LogP contribution is -2.64. The van der Waals surface area contributed by atoms with Crippen molar-refractivity contribution < 1.29 is 17.9 Å². The molecule has 19 heavy (non-hydrogen) atoms.